The van der Waals surface area contributed by atoms with Crippen molar-refractivity contribution < 1.29 is 9.53 Å². The van der Waals surface area contributed by atoms with Gasteiger partial charge >= 0.3 is 6.03 Å². The highest BCUT2D eigenvalue weighted by molar-refractivity contribution is 6.06. The number of methoxy groups -OCH3 is 1. The first-order chi connectivity index (χ1) is 9.04. The largest absolute Gasteiger partial charge is 0.385 e. The summed E-state index contributed by atoms with van der Waals surface area (Å²) in [6, 6.07) is -0.192. The predicted molar refractivity (Wildman–Crippen MR) is 75.1 cm³/mol. The predicted octanol–water partition coefficient (Wildman–Crippen LogP) is 2.01. The molecule has 1 aliphatic heterocycles. The van der Waals surface area contributed by atoms with Crippen LogP contribution in [0.25, 0.3) is 0 Å². The van der Waals surface area contributed by atoms with Crippen molar-refractivity contribution in [3.05, 3.63) is 0 Å². The summed E-state index contributed by atoms with van der Waals surface area (Å²) >= 11 is 0. The van der Waals surface area contributed by atoms with E-state index in [1.54, 1.807) is 7.11 Å². The van der Waals surface area contributed by atoms with E-state index in [-0.39, 0.29) is 11.6 Å². The van der Waals surface area contributed by atoms with Gasteiger partial charge in [-0.3, -0.25) is 0 Å². The normalized spacial score (nSPS) is 31.4. The molecular formula is C14H25N3O2. The molecule has 1 saturated carbocycles. The van der Waals surface area contributed by atoms with Crippen molar-refractivity contribution in [3.8, 4) is 0 Å². The number of hydrogen-bond donors (Lipinski definition) is 1. The van der Waals surface area contributed by atoms with Gasteiger partial charge in [0.25, 0.3) is 0 Å². The molecule has 1 spiro atoms. The summed E-state index contributed by atoms with van der Waals surface area (Å²) in [4.78, 5) is 18.1. The minimum absolute atomic E-state index is 0.192. The first-order valence-electron chi connectivity index (χ1n) is 7.19. The number of aliphatic imine (C=N–C) groups is 1. The van der Waals surface area contributed by atoms with Crippen molar-refractivity contribution in [1.82, 2.24) is 4.90 Å². The quantitative estimate of drug-likeness (QED) is 0.847. The summed E-state index contributed by atoms with van der Waals surface area (Å²) in [5, 5.41) is 0. The highest BCUT2D eigenvalue weighted by Gasteiger charge is 2.54. The number of amidine groups is 1. The minimum atomic E-state index is -0.359. The number of ether oxygens (including phenoxy) is 1. The van der Waals surface area contributed by atoms with Crippen molar-refractivity contribution in [1.29, 1.82) is 0 Å². The van der Waals surface area contributed by atoms with E-state index in [9.17, 15) is 4.79 Å². The molecule has 2 rings (SSSR count). The zero-order chi connectivity index (χ0) is 14.0. The van der Waals surface area contributed by atoms with Crippen LogP contribution in [0.2, 0.25) is 0 Å². The first kappa shape index (κ1) is 14.3. The molecule has 1 aliphatic carbocycles. The molecule has 2 amide bonds. The summed E-state index contributed by atoms with van der Waals surface area (Å²) in [5.41, 5.74) is 5.81. The third-order valence-electron chi connectivity index (χ3n) is 4.63. The molecular weight excluding hydrogens is 242 g/mol. The van der Waals surface area contributed by atoms with Gasteiger partial charge in [-0.05, 0) is 24.7 Å². The molecule has 5 nitrogen and oxygen atoms in total. The Hall–Kier alpha value is -1.10. The van der Waals surface area contributed by atoms with Crippen molar-refractivity contribution in [2.24, 2.45) is 22.6 Å². The fourth-order valence-corrected chi connectivity index (χ4v) is 3.77. The Morgan fingerprint density at radius 2 is 2.26 bits per heavy atom. The Balaban J connectivity index is 2.34. The number of amides is 2. The highest BCUT2D eigenvalue weighted by Crippen LogP contribution is 2.45. The second-order valence-corrected chi connectivity index (χ2v) is 5.94. The van der Waals surface area contributed by atoms with E-state index in [1.807, 2.05) is 4.90 Å². The van der Waals surface area contributed by atoms with E-state index < -0.39 is 0 Å². The van der Waals surface area contributed by atoms with Gasteiger partial charge in [-0.2, -0.15) is 4.99 Å². The van der Waals surface area contributed by atoms with Crippen LogP contribution in [0.15, 0.2) is 4.99 Å². The lowest BCUT2D eigenvalue weighted by molar-refractivity contribution is 0.0513. The van der Waals surface area contributed by atoms with Crippen LogP contribution in [0.3, 0.4) is 0 Å². The van der Waals surface area contributed by atoms with Crippen molar-refractivity contribution in [2.75, 3.05) is 20.3 Å². The van der Waals surface area contributed by atoms with Gasteiger partial charge in [0.15, 0.2) is 0 Å². The average Bonchev–Trinajstić information content (AvgIpc) is 2.60. The Bertz CT molecular complexity index is 381. The SMILES string of the molecule is COCCN1C(=O)N=C(N)C12CCCCC2C(C)C. The second kappa shape index (κ2) is 5.49. The van der Waals surface area contributed by atoms with Crippen LogP contribution < -0.4 is 5.73 Å². The third kappa shape index (κ3) is 2.24. The molecule has 2 aliphatic rings. The molecule has 0 aromatic heterocycles. The molecule has 2 atom stereocenters. The van der Waals surface area contributed by atoms with E-state index >= 15 is 0 Å². The second-order valence-electron chi connectivity index (χ2n) is 5.94. The summed E-state index contributed by atoms with van der Waals surface area (Å²) in [7, 11) is 1.65. The van der Waals surface area contributed by atoms with Gasteiger partial charge in [-0.15, -0.1) is 0 Å². The molecule has 2 unspecified atom stereocenters. The van der Waals surface area contributed by atoms with Crippen LogP contribution in [0.5, 0.6) is 0 Å². The van der Waals surface area contributed by atoms with E-state index in [4.69, 9.17) is 10.5 Å². The van der Waals surface area contributed by atoms with Gasteiger partial charge in [-0.1, -0.05) is 26.7 Å². The van der Waals surface area contributed by atoms with Crippen LogP contribution in [0.4, 0.5) is 4.79 Å². The Kier molecular flexibility index (Phi) is 4.13. The van der Waals surface area contributed by atoms with E-state index in [0.29, 0.717) is 30.8 Å². The lowest BCUT2D eigenvalue weighted by Gasteiger charge is -2.48. The van der Waals surface area contributed by atoms with Crippen LogP contribution in [-0.2, 0) is 4.74 Å². The fourth-order valence-electron chi connectivity index (χ4n) is 3.77. The van der Waals surface area contributed by atoms with Gasteiger partial charge in [0.2, 0.25) is 0 Å². The maximum atomic E-state index is 12.1. The van der Waals surface area contributed by atoms with Crippen molar-refractivity contribution in [3.63, 3.8) is 0 Å². The Morgan fingerprint density at radius 1 is 1.53 bits per heavy atom. The zero-order valence-electron chi connectivity index (χ0n) is 12.2. The molecule has 2 N–H and O–H groups in total. The lowest BCUT2D eigenvalue weighted by atomic mass is 9.66. The zero-order valence-corrected chi connectivity index (χ0v) is 12.2. The van der Waals surface area contributed by atoms with Gasteiger partial charge in [0.05, 0.1) is 6.61 Å². The maximum absolute atomic E-state index is 12.1. The number of urea groups is 1. The van der Waals surface area contributed by atoms with Crippen LogP contribution in [0.1, 0.15) is 39.5 Å². The third-order valence-corrected chi connectivity index (χ3v) is 4.63. The van der Waals surface area contributed by atoms with E-state index in [1.165, 1.54) is 6.42 Å². The fraction of sp³-hybridized carbons (Fsp3) is 0.857. The maximum Gasteiger partial charge on any atom is 0.346 e. The smallest absolute Gasteiger partial charge is 0.346 e. The minimum Gasteiger partial charge on any atom is -0.385 e. The van der Waals surface area contributed by atoms with Gasteiger partial charge < -0.3 is 15.4 Å². The summed E-state index contributed by atoms with van der Waals surface area (Å²) in [6.07, 6.45) is 4.37. The lowest BCUT2D eigenvalue weighted by Crippen LogP contribution is -2.62. The summed E-state index contributed by atoms with van der Waals surface area (Å²) in [6.45, 7) is 5.52. The Labute approximate surface area is 115 Å². The van der Waals surface area contributed by atoms with Crippen LogP contribution in [-0.4, -0.2) is 42.6 Å². The van der Waals surface area contributed by atoms with Crippen LogP contribution >= 0.6 is 0 Å². The van der Waals surface area contributed by atoms with Gasteiger partial charge in [-0.25, -0.2) is 4.79 Å². The summed E-state index contributed by atoms with van der Waals surface area (Å²) < 4.78 is 5.13. The molecule has 108 valence electrons. The molecule has 1 heterocycles. The molecule has 0 aromatic rings. The standard InChI is InChI=1S/C14H25N3O2/c1-10(2)11-6-4-5-7-14(11)12(15)16-13(18)17(14)8-9-19-3/h10-11H,4-9H2,1-3H3,(H2,15,16,18). The Morgan fingerprint density at radius 3 is 2.89 bits per heavy atom. The number of nitrogens with zero attached hydrogens (tertiary/aromatic N) is 2. The molecule has 1 fully saturated rings. The van der Waals surface area contributed by atoms with Gasteiger partial charge in [0, 0.05) is 13.7 Å². The monoisotopic (exact) mass is 267 g/mol. The number of nitrogens with two attached hydrogens (primary N) is 1. The molecule has 19 heavy (non-hydrogen) atoms. The molecule has 0 saturated heterocycles. The highest BCUT2D eigenvalue weighted by atomic mass is 16.5. The van der Waals surface area contributed by atoms with Gasteiger partial charge in [0.1, 0.15) is 11.4 Å². The topological polar surface area (TPSA) is 67.9 Å². The first-order valence-corrected chi connectivity index (χ1v) is 7.19. The van der Waals surface area contributed by atoms with Crippen molar-refractivity contribution in [2.45, 2.75) is 45.1 Å². The summed E-state index contributed by atoms with van der Waals surface area (Å²) in [5.74, 6) is 1.41. The number of carbonyl (C=O) groups is 1. The average molecular weight is 267 g/mol. The molecule has 0 bridgehead atoms. The molecule has 5 heteroatoms. The number of hydrogen-bond acceptors (Lipinski definition) is 3. The molecule has 0 aromatic carbocycles. The van der Waals surface area contributed by atoms with E-state index in [2.05, 4.69) is 18.8 Å². The number of rotatable bonds is 4. The number of carbonyl (C=O) groups excluding carboxylic acids is 1. The van der Waals surface area contributed by atoms with Crippen molar-refractivity contribution >= 4 is 11.9 Å². The molecule has 0 radical (unpaired) electrons. The van der Waals surface area contributed by atoms with E-state index in [0.717, 1.165) is 19.3 Å². The van der Waals surface area contributed by atoms with Crippen LogP contribution in [0, 0.1) is 11.8 Å².